The second kappa shape index (κ2) is 15.0. The number of nitrogens with zero attached hydrogens (tertiary/aromatic N) is 8. The standard InChI is InChI=1S/C32H30F3N9O3.CH2O2/c1-19-24(28-38-27(30(46)47-5)40-43(28)23-13-11-20(17-36)12-14-23)18-42-29(26(19)21-8-6-9-22(16-21)32(33,34)35)39-31(41-42)37-25(45)10-7-15-44(2,3)4;2-1-3/h6,8-9,11-14,16,18H,7,10,15H2,1-5H3;1H,(H,2,3). The second-order valence-electron chi connectivity index (χ2n) is 11.9. The molecule has 3 aromatic heterocycles. The summed E-state index contributed by atoms with van der Waals surface area (Å²) in [6, 6.07) is 13.2. The Morgan fingerprint density at radius 2 is 1.78 bits per heavy atom. The lowest BCUT2D eigenvalue weighted by atomic mass is 9.96. The Hall–Kier alpha value is -6.15. The van der Waals surface area contributed by atoms with Crippen molar-refractivity contribution in [2.75, 3.05) is 40.1 Å². The molecule has 1 amide bonds. The Kier molecular flexibility index (Phi) is 11.0. The van der Waals surface area contributed by atoms with E-state index < -0.39 is 24.2 Å². The number of hydrogen-bond donors (Lipinski definition) is 1. The molecule has 0 radical (unpaired) electrons. The topological polar surface area (TPSA) is 180 Å². The molecule has 0 atom stereocenters. The number of methoxy groups -OCH3 is 1. The molecule has 17 heteroatoms. The molecule has 0 bridgehead atoms. The van der Waals surface area contributed by atoms with Gasteiger partial charge in [-0.05, 0) is 54.4 Å². The van der Waals surface area contributed by atoms with Crippen molar-refractivity contribution in [3.8, 4) is 34.3 Å². The molecule has 5 aromatic rings. The number of nitrogens with one attached hydrogen (secondary N) is 1. The van der Waals surface area contributed by atoms with Crippen molar-refractivity contribution in [1.29, 1.82) is 5.26 Å². The van der Waals surface area contributed by atoms with E-state index in [4.69, 9.17) is 14.6 Å². The summed E-state index contributed by atoms with van der Waals surface area (Å²) < 4.78 is 49.7. The van der Waals surface area contributed by atoms with Crippen LogP contribution in [0.15, 0.2) is 54.7 Å². The van der Waals surface area contributed by atoms with Gasteiger partial charge in [-0.1, -0.05) is 12.1 Å². The lowest BCUT2D eigenvalue weighted by molar-refractivity contribution is -0.870. The summed E-state index contributed by atoms with van der Waals surface area (Å²) in [4.78, 5) is 42.5. The molecule has 260 valence electrons. The van der Waals surface area contributed by atoms with Crippen molar-refractivity contribution in [2.24, 2.45) is 0 Å². The Bertz CT molecular complexity index is 2080. The van der Waals surface area contributed by atoms with Crippen LogP contribution in [-0.4, -0.2) is 87.0 Å². The molecular weight excluding hydrogens is 659 g/mol. The number of rotatable bonds is 9. The predicted octanol–water partition coefficient (Wildman–Crippen LogP) is 3.42. The van der Waals surface area contributed by atoms with E-state index in [1.165, 1.54) is 28.4 Å². The average molecular weight is 692 g/mol. The van der Waals surface area contributed by atoms with Crippen molar-refractivity contribution >= 4 is 29.9 Å². The van der Waals surface area contributed by atoms with Gasteiger partial charge >= 0.3 is 12.1 Å². The van der Waals surface area contributed by atoms with Crippen molar-refractivity contribution in [1.82, 2.24) is 29.4 Å². The first-order valence-electron chi connectivity index (χ1n) is 14.9. The van der Waals surface area contributed by atoms with Crippen LogP contribution in [-0.2, 0) is 20.5 Å². The van der Waals surface area contributed by atoms with E-state index in [0.29, 0.717) is 38.8 Å². The van der Waals surface area contributed by atoms with E-state index >= 15 is 0 Å². The fourth-order valence-electron chi connectivity index (χ4n) is 5.00. The van der Waals surface area contributed by atoms with Gasteiger partial charge in [-0.25, -0.2) is 19.0 Å². The number of anilines is 1. The van der Waals surface area contributed by atoms with Crippen molar-refractivity contribution in [3.05, 3.63) is 77.2 Å². The van der Waals surface area contributed by atoms with Crippen molar-refractivity contribution in [3.63, 3.8) is 0 Å². The number of carbonyl (C=O) groups excluding carboxylic acids is 3. The van der Waals surface area contributed by atoms with Gasteiger partial charge in [0.2, 0.25) is 11.9 Å². The number of pyridine rings is 1. The first-order chi connectivity index (χ1) is 23.6. The molecule has 0 spiro atoms. The molecule has 0 aliphatic heterocycles. The van der Waals surface area contributed by atoms with Gasteiger partial charge in [-0.2, -0.15) is 23.4 Å². The highest BCUT2D eigenvalue weighted by molar-refractivity contribution is 5.91. The summed E-state index contributed by atoms with van der Waals surface area (Å²) >= 11 is 0. The van der Waals surface area contributed by atoms with Crippen LogP contribution in [0.5, 0.6) is 0 Å². The normalized spacial score (nSPS) is 11.3. The predicted molar refractivity (Wildman–Crippen MR) is 171 cm³/mol. The van der Waals surface area contributed by atoms with Crippen LogP contribution in [0.3, 0.4) is 0 Å². The summed E-state index contributed by atoms with van der Waals surface area (Å²) in [7, 11) is 7.24. The van der Waals surface area contributed by atoms with Crippen molar-refractivity contribution < 1.29 is 41.9 Å². The number of benzene rings is 2. The van der Waals surface area contributed by atoms with Gasteiger partial charge < -0.3 is 19.1 Å². The smallest absolute Gasteiger partial charge is 0.416 e. The van der Waals surface area contributed by atoms with Crippen LogP contribution in [0.2, 0.25) is 0 Å². The van der Waals surface area contributed by atoms with Gasteiger partial charge in [0.1, 0.15) is 0 Å². The number of quaternary nitrogens is 1. The summed E-state index contributed by atoms with van der Waals surface area (Å²) in [5.74, 6) is -1.29. The molecule has 0 fully saturated rings. The van der Waals surface area contributed by atoms with Crippen LogP contribution in [0.25, 0.3) is 33.8 Å². The highest BCUT2D eigenvalue weighted by atomic mass is 19.4. The summed E-state index contributed by atoms with van der Waals surface area (Å²) in [6.45, 7) is 1.94. The number of halogens is 3. The number of amides is 1. The molecule has 1 N–H and O–H groups in total. The molecule has 0 aliphatic carbocycles. The molecule has 0 unspecified atom stereocenters. The maximum absolute atomic E-state index is 13.8. The molecule has 5 rings (SSSR count). The van der Waals surface area contributed by atoms with E-state index in [2.05, 4.69) is 25.5 Å². The quantitative estimate of drug-likeness (QED) is 0.137. The largest absolute Gasteiger partial charge is 0.554 e. The molecule has 50 heavy (non-hydrogen) atoms. The Labute approximate surface area is 284 Å². The Morgan fingerprint density at radius 1 is 1.10 bits per heavy atom. The molecule has 14 nitrogen and oxygen atoms in total. The van der Waals surface area contributed by atoms with Gasteiger partial charge in [-0.3, -0.25) is 10.1 Å². The van der Waals surface area contributed by atoms with E-state index in [-0.39, 0.29) is 41.1 Å². The lowest BCUT2D eigenvalue weighted by Crippen LogP contribution is -2.35. The summed E-state index contributed by atoms with van der Waals surface area (Å²) in [5.41, 5.74) is 1.44. The zero-order valence-electron chi connectivity index (χ0n) is 27.6. The maximum Gasteiger partial charge on any atom is 0.416 e. The summed E-state index contributed by atoms with van der Waals surface area (Å²) in [6.07, 6.45) is -2.22. The Morgan fingerprint density at radius 3 is 2.38 bits per heavy atom. The number of aromatic nitrogens is 6. The SMILES string of the molecule is COC(=O)c1nc(-c2cn3nc(NC(=O)CCC[N+](C)(C)C)nc3c(-c3cccc(C(F)(F)F)c3)c2C)n(-c2ccc(C#N)cc2)n1.O=C[O-]. The minimum absolute atomic E-state index is 0.0335. The van der Waals surface area contributed by atoms with E-state index in [1.54, 1.807) is 37.4 Å². The highest BCUT2D eigenvalue weighted by Crippen LogP contribution is 2.38. The lowest BCUT2D eigenvalue weighted by Gasteiger charge is -2.23. The van der Waals surface area contributed by atoms with E-state index in [9.17, 15) is 28.0 Å². The molecular formula is C33H32F3N9O5. The third-order valence-corrected chi connectivity index (χ3v) is 7.30. The van der Waals surface area contributed by atoms with Gasteiger partial charge in [0, 0.05) is 36.6 Å². The molecule has 3 heterocycles. The van der Waals surface area contributed by atoms with Crippen LogP contribution < -0.4 is 10.4 Å². The van der Waals surface area contributed by atoms with E-state index in [1.807, 2.05) is 27.2 Å². The first kappa shape index (κ1) is 36.7. The monoisotopic (exact) mass is 691 g/mol. The number of ether oxygens (including phenoxy) is 1. The number of nitriles is 1. The second-order valence-corrected chi connectivity index (χ2v) is 11.9. The van der Waals surface area contributed by atoms with Crippen LogP contribution in [0.1, 0.15) is 40.2 Å². The number of alkyl halides is 3. The summed E-state index contributed by atoms with van der Waals surface area (Å²) in [5, 5.41) is 29.0. The number of carboxylic acid groups (broad SMARTS) is 1. The zero-order valence-corrected chi connectivity index (χ0v) is 27.6. The molecule has 0 saturated heterocycles. The fraction of sp³-hybridized carbons (Fsp3) is 0.273. The fourth-order valence-corrected chi connectivity index (χ4v) is 5.00. The van der Waals surface area contributed by atoms with Gasteiger partial charge in [-0.15, -0.1) is 10.2 Å². The van der Waals surface area contributed by atoms with Gasteiger partial charge in [0.25, 0.3) is 5.82 Å². The first-order valence-corrected chi connectivity index (χ1v) is 14.9. The van der Waals surface area contributed by atoms with Crippen molar-refractivity contribution in [2.45, 2.75) is 25.9 Å². The third kappa shape index (κ3) is 8.46. The minimum Gasteiger partial charge on any atom is -0.554 e. The molecule has 0 aliphatic rings. The number of esters is 1. The number of fused-ring (bicyclic) bond motifs is 1. The minimum atomic E-state index is -4.61. The van der Waals surface area contributed by atoms with Crippen LogP contribution in [0, 0.1) is 18.3 Å². The van der Waals surface area contributed by atoms with Gasteiger partial charge in [0.05, 0.1) is 57.7 Å². The Balaban J connectivity index is 0.00000181. The number of carbonyl (C=O) groups is 3. The zero-order chi connectivity index (χ0) is 36.8. The van der Waals surface area contributed by atoms with Gasteiger partial charge in [0.15, 0.2) is 11.5 Å². The van der Waals surface area contributed by atoms with Crippen LogP contribution in [0.4, 0.5) is 19.1 Å². The number of hydrogen-bond acceptors (Lipinski definition) is 10. The average Bonchev–Trinajstić information content (AvgIpc) is 3.68. The van der Waals surface area contributed by atoms with Crippen LogP contribution >= 0.6 is 0 Å². The van der Waals surface area contributed by atoms with E-state index in [0.717, 1.165) is 18.7 Å². The highest BCUT2D eigenvalue weighted by Gasteiger charge is 2.31. The molecule has 2 aromatic carbocycles. The molecule has 0 saturated carbocycles. The third-order valence-electron chi connectivity index (χ3n) is 7.30. The maximum atomic E-state index is 13.8.